The summed E-state index contributed by atoms with van der Waals surface area (Å²) in [5, 5.41) is 10.1. The van der Waals surface area contributed by atoms with E-state index >= 15 is 0 Å². The van der Waals surface area contributed by atoms with Gasteiger partial charge in [0.2, 0.25) is 0 Å². The summed E-state index contributed by atoms with van der Waals surface area (Å²) < 4.78 is 19.9. The number of H-pyrrole nitrogens is 1. The molecule has 186 valence electrons. The Morgan fingerprint density at radius 1 is 1.14 bits per heavy atom. The summed E-state index contributed by atoms with van der Waals surface area (Å²) in [5.74, 6) is -0.0810. The van der Waals surface area contributed by atoms with E-state index in [9.17, 15) is 14.4 Å². The average molecular weight is 487 g/mol. The molecule has 6 rings (SSSR count). The first kappa shape index (κ1) is 23.2. The SMILES string of the molecule is CC1(C)c2cc(N3CCC(N4CCOCC4)CC3)c(CF)cc2C(=O)c2c1[nH]c1cc(C#N)ccc21. The fourth-order valence-corrected chi connectivity index (χ4v) is 6.39. The van der Waals surface area contributed by atoms with Gasteiger partial charge >= 0.3 is 0 Å². The number of hydrogen-bond donors (Lipinski definition) is 1. The highest BCUT2D eigenvalue weighted by Gasteiger charge is 2.41. The van der Waals surface area contributed by atoms with Gasteiger partial charge in [-0.05, 0) is 42.7 Å². The van der Waals surface area contributed by atoms with E-state index < -0.39 is 12.1 Å². The van der Waals surface area contributed by atoms with Gasteiger partial charge in [0.1, 0.15) is 6.67 Å². The number of anilines is 1. The first-order valence-electron chi connectivity index (χ1n) is 12.8. The van der Waals surface area contributed by atoms with Crippen LogP contribution >= 0.6 is 0 Å². The molecule has 3 aromatic rings. The number of fused-ring (bicyclic) bond motifs is 4. The normalized spacial score (nSPS) is 20.3. The molecule has 2 aromatic carbocycles. The summed E-state index contributed by atoms with van der Waals surface area (Å²) in [6.45, 7) is 8.93. The van der Waals surface area contributed by atoms with Gasteiger partial charge in [0, 0.05) is 71.0 Å². The number of aromatic nitrogens is 1. The van der Waals surface area contributed by atoms with Crippen LogP contribution in [0.5, 0.6) is 0 Å². The second kappa shape index (κ2) is 8.72. The minimum atomic E-state index is -0.605. The van der Waals surface area contributed by atoms with Crippen LogP contribution in [0.2, 0.25) is 0 Å². The van der Waals surface area contributed by atoms with E-state index in [4.69, 9.17) is 4.74 Å². The molecular weight excluding hydrogens is 455 g/mol. The number of morpholine rings is 1. The van der Waals surface area contributed by atoms with E-state index in [1.807, 2.05) is 6.07 Å². The zero-order valence-corrected chi connectivity index (χ0v) is 20.9. The lowest BCUT2D eigenvalue weighted by Crippen LogP contribution is -2.49. The number of nitriles is 1. The molecule has 3 aliphatic rings. The van der Waals surface area contributed by atoms with E-state index in [0.29, 0.717) is 28.3 Å². The Kier molecular flexibility index (Phi) is 5.62. The van der Waals surface area contributed by atoms with E-state index in [-0.39, 0.29) is 5.78 Å². The quantitative estimate of drug-likeness (QED) is 0.582. The van der Waals surface area contributed by atoms with Gasteiger partial charge < -0.3 is 14.6 Å². The van der Waals surface area contributed by atoms with Crippen LogP contribution in [0.4, 0.5) is 10.1 Å². The molecule has 0 amide bonds. The molecule has 0 radical (unpaired) electrons. The summed E-state index contributed by atoms with van der Waals surface area (Å²) in [6, 6.07) is 11.9. The van der Waals surface area contributed by atoms with Crippen molar-refractivity contribution in [2.75, 3.05) is 44.3 Å². The highest BCUT2D eigenvalue weighted by molar-refractivity contribution is 6.20. The first-order chi connectivity index (χ1) is 17.4. The third kappa shape index (κ3) is 3.55. The highest BCUT2D eigenvalue weighted by Crippen LogP contribution is 2.46. The molecule has 2 saturated heterocycles. The van der Waals surface area contributed by atoms with Crippen molar-refractivity contribution in [3.63, 3.8) is 0 Å². The standard InChI is InChI=1S/C29H31FN4O2/c1-29(2)23-15-25(34-7-5-20(6-8-34)33-9-11-36-12-10-33)19(16-30)14-22(23)27(35)26-21-4-3-18(17-31)13-24(21)32-28(26)29/h3-4,13-15,20,32H,5-12,16H2,1-2H3. The maximum atomic E-state index is 14.4. The van der Waals surface area contributed by atoms with E-state index in [0.717, 1.165) is 80.1 Å². The maximum Gasteiger partial charge on any atom is 0.195 e. The van der Waals surface area contributed by atoms with Gasteiger partial charge in [-0.15, -0.1) is 0 Å². The molecule has 6 nitrogen and oxygen atoms in total. The van der Waals surface area contributed by atoms with Gasteiger partial charge in [0.05, 0.1) is 30.4 Å². The van der Waals surface area contributed by atoms with Crippen molar-refractivity contribution in [3.8, 4) is 6.07 Å². The number of alkyl halides is 1. The number of benzene rings is 2. The number of carbonyl (C=O) groups excluding carboxylic acids is 1. The molecule has 2 aliphatic heterocycles. The molecule has 7 heteroatoms. The first-order valence-corrected chi connectivity index (χ1v) is 12.8. The lowest BCUT2D eigenvalue weighted by molar-refractivity contribution is 0.0115. The van der Waals surface area contributed by atoms with Crippen LogP contribution in [-0.2, 0) is 16.8 Å². The number of ether oxygens (including phenoxy) is 1. The van der Waals surface area contributed by atoms with Gasteiger partial charge in [-0.1, -0.05) is 19.9 Å². The molecule has 2 fully saturated rings. The number of hydrogen-bond acceptors (Lipinski definition) is 5. The predicted molar refractivity (Wildman–Crippen MR) is 137 cm³/mol. The number of rotatable bonds is 3. The van der Waals surface area contributed by atoms with Gasteiger partial charge in [0.25, 0.3) is 0 Å². The van der Waals surface area contributed by atoms with Crippen molar-refractivity contribution in [1.29, 1.82) is 5.26 Å². The van der Waals surface area contributed by atoms with Crippen molar-refractivity contribution in [2.24, 2.45) is 0 Å². The number of carbonyl (C=O) groups is 1. The lowest BCUT2D eigenvalue weighted by atomic mass is 9.70. The fraction of sp³-hybridized carbons (Fsp3) is 0.448. The third-order valence-electron chi connectivity index (χ3n) is 8.43. The Hall–Kier alpha value is -3.21. The van der Waals surface area contributed by atoms with Gasteiger partial charge in [-0.2, -0.15) is 5.26 Å². The second-order valence-electron chi connectivity index (χ2n) is 10.7. The largest absolute Gasteiger partial charge is 0.379 e. The summed E-state index contributed by atoms with van der Waals surface area (Å²) in [7, 11) is 0. The lowest BCUT2D eigenvalue weighted by Gasteiger charge is -2.42. The zero-order valence-electron chi connectivity index (χ0n) is 20.9. The number of nitrogens with zero attached hydrogens (tertiary/aromatic N) is 3. The Labute approximate surface area is 210 Å². The van der Waals surface area contributed by atoms with Crippen LogP contribution in [0.3, 0.4) is 0 Å². The molecule has 1 aliphatic carbocycles. The summed E-state index contributed by atoms with van der Waals surface area (Å²) in [6.07, 6.45) is 2.08. The molecule has 3 heterocycles. The third-order valence-corrected chi connectivity index (χ3v) is 8.43. The van der Waals surface area contributed by atoms with Crippen molar-refractivity contribution < 1.29 is 13.9 Å². The smallest absolute Gasteiger partial charge is 0.195 e. The zero-order chi connectivity index (χ0) is 25.0. The molecule has 0 atom stereocenters. The molecule has 1 aromatic heterocycles. The van der Waals surface area contributed by atoms with Gasteiger partial charge in [-0.25, -0.2) is 4.39 Å². The van der Waals surface area contributed by atoms with Crippen molar-refractivity contribution >= 4 is 22.4 Å². The van der Waals surface area contributed by atoms with Crippen LogP contribution < -0.4 is 4.90 Å². The summed E-state index contributed by atoms with van der Waals surface area (Å²) >= 11 is 0. The Morgan fingerprint density at radius 2 is 1.89 bits per heavy atom. The molecule has 36 heavy (non-hydrogen) atoms. The minimum Gasteiger partial charge on any atom is -0.379 e. The van der Waals surface area contributed by atoms with Crippen molar-refractivity contribution in [3.05, 3.63) is 63.8 Å². The molecule has 0 saturated carbocycles. The molecule has 0 bridgehead atoms. The van der Waals surface area contributed by atoms with Crippen molar-refractivity contribution in [2.45, 2.75) is 44.8 Å². The fourth-order valence-electron chi connectivity index (χ4n) is 6.39. The molecule has 1 N–H and O–H groups in total. The molecular formula is C29H31FN4O2. The monoisotopic (exact) mass is 486 g/mol. The average Bonchev–Trinajstić information content (AvgIpc) is 3.32. The maximum absolute atomic E-state index is 14.4. The number of nitrogens with one attached hydrogen (secondary N) is 1. The number of piperidine rings is 1. The van der Waals surface area contributed by atoms with Crippen LogP contribution in [0, 0.1) is 11.3 Å². The second-order valence-corrected chi connectivity index (χ2v) is 10.7. The summed E-state index contributed by atoms with van der Waals surface area (Å²) in [4.78, 5) is 22.0. The highest BCUT2D eigenvalue weighted by atomic mass is 19.1. The topological polar surface area (TPSA) is 72.4 Å². The van der Waals surface area contributed by atoms with Crippen LogP contribution in [-0.4, -0.2) is 61.1 Å². The number of halogens is 1. The van der Waals surface area contributed by atoms with E-state index in [1.54, 1.807) is 18.2 Å². The Morgan fingerprint density at radius 3 is 2.58 bits per heavy atom. The molecule has 0 unspecified atom stereocenters. The van der Waals surface area contributed by atoms with Crippen LogP contribution in [0.15, 0.2) is 30.3 Å². The predicted octanol–water partition coefficient (Wildman–Crippen LogP) is 4.68. The minimum absolute atomic E-state index is 0.0810. The van der Waals surface area contributed by atoms with E-state index in [1.165, 1.54) is 0 Å². The van der Waals surface area contributed by atoms with E-state index in [2.05, 4.69) is 40.8 Å². The number of aromatic amines is 1. The Bertz CT molecular complexity index is 1390. The van der Waals surface area contributed by atoms with Crippen molar-refractivity contribution in [1.82, 2.24) is 9.88 Å². The van der Waals surface area contributed by atoms with Gasteiger partial charge in [-0.3, -0.25) is 9.69 Å². The molecule has 0 spiro atoms. The Balaban J connectivity index is 1.37. The van der Waals surface area contributed by atoms with Gasteiger partial charge in [0.15, 0.2) is 5.78 Å². The van der Waals surface area contributed by atoms with Crippen LogP contribution in [0.25, 0.3) is 10.9 Å². The summed E-state index contributed by atoms with van der Waals surface area (Å²) in [5.41, 5.74) is 5.34. The number of ketones is 1. The van der Waals surface area contributed by atoms with Crippen LogP contribution in [0.1, 0.15) is 65.0 Å².